The molecule has 2 amide bonds. The zero-order chi connectivity index (χ0) is 13.7. The molecular weight excluding hydrogens is 296 g/mol. The predicted octanol–water partition coefficient (Wildman–Crippen LogP) is 2.08. The monoisotopic (exact) mass is 312 g/mol. The molecule has 0 bridgehead atoms. The molecule has 0 aromatic heterocycles. The second-order valence-corrected chi connectivity index (χ2v) is 5.48. The van der Waals surface area contributed by atoms with E-state index in [1.54, 1.807) is 18.2 Å². The van der Waals surface area contributed by atoms with Gasteiger partial charge < -0.3 is 11.1 Å². The summed E-state index contributed by atoms with van der Waals surface area (Å²) in [6.45, 7) is 3.95. The Balaban J connectivity index is 2.75. The van der Waals surface area contributed by atoms with Gasteiger partial charge in [0.25, 0.3) is 5.91 Å². The summed E-state index contributed by atoms with van der Waals surface area (Å²) in [4.78, 5) is 23.2. The lowest BCUT2D eigenvalue weighted by Gasteiger charge is -2.17. The largest absolute Gasteiger partial charge is 0.368 e. The van der Waals surface area contributed by atoms with Crippen LogP contribution in [0.2, 0.25) is 0 Å². The van der Waals surface area contributed by atoms with Gasteiger partial charge in [-0.1, -0.05) is 35.8 Å². The van der Waals surface area contributed by atoms with Crippen molar-refractivity contribution in [1.29, 1.82) is 0 Å². The van der Waals surface area contributed by atoms with Crippen molar-refractivity contribution in [2.45, 2.75) is 26.3 Å². The molecular formula is C13H17BrN2O2. The Labute approximate surface area is 115 Å². The zero-order valence-corrected chi connectivity index (χ0v) is 12.0. The summed E-state index contributed by atoms with van der Waals surface area (Å²) in [6.07, 6.45) is 0.537. The molecule has 1 aromatic rings. The van der Waals surface area contributed by atoms with E-state index in [-0.39, 0.29) is 11.8 Å². The molecule has 0 spiro atoms. The van der Waals surface area contributed by atoms with Crippen molar-refractivity contribution < 1.29 is 9.59 Å². The fraction of sp³-hybridized carbons (Fsp3) is 0.385. The van der Waals surface area contributed by atoms with E-state index in [0.29, 0.717) is 12.0 Å². The Morgan fingerprint density at radius 3 is 2.56 bits per heavy atom. The fourth-order valence-electron chi connectivity index (χ4n) is 1.59. The third-order valence-electron chi connectivity index (χ3n) is 2.44. The van der Waals surface area contributed by atoms with E-state index < -0.39 is 11.9 Å². The van der Waals surface area contributed by atoms with Gasteiger partial charge in [0.15, 0.2) is 0 Å². The molecule has 1 rings (SSSR count). The topological polar surface area (TPSA) is 72.2 Å². The first-order valence-electron chi connectivity index (χ1n) is 5.76. The van der Waals surface area contributed by atoms with Crippen molar-refractivity contribution in [1.82, 2.24) is 5.32 Å². The Hall–Kier alpha value is -1.36. The average Bonchev–Trinajstić information content (AvgIpc) is 2.27. The van der Waals surface area contributed by atoms with Gasteiger partial charge in [-0.2, -0.15) is 0 Å². The second kappa shape index (κ2) is 6.54. The summed E-state index contributed by atoms with van der Waals surface area (Å²) in [5, 5.41) is 2.66. The van der Waals surface area contributed by atoms with Gasteiger partial charge >= 0.3 is 0 Å². The summed E-state index contributed by atoms with van der Waals surface area (Å²) < 4.78 is 0.814. The first-order chi connectivity index (χ1) is 8.40. The third kappa shape index (κ3) is 4.49. The van der Waals surface area contributed by atoms with Gasteiger partial charge in [0, 0.05) is 10.0 Å². The lowest BCUT2D eigenvalue weighted by Crippen LogP contribution is -2.45. The minimum atomic E-state index is -0.628. The van der Waals surface area contributed by atoms with Crippen LogP contribution in [0.15, 0.2) is 28.7 Å². The zero-order valence-electron chi connectivity index (χ0n) is 10.4. The van der Waals surface area contributed by atoms with Crippen molar-refractivity contribution in [2.24, 2.45) is 11.7 Å². The number of primary amides is 1. The molecule has 0 saturated carbocycles. The van der Waals surface area contributed by atoms with E-state index in [1.165, 1.54) is 0 Å². The Morgan fingerprint density at radius 2 is 2.06 bits per heavy atom. The van der Waals surface area contributed by atoms with Crippen LogP contribution in [0, 0.1) is 5.92 Å². The summed E-state index contributed by atoms with van der Waals surface area (Å²) in [7, 11) is 0. The fourth-order valence-corrected chi connectivity index (χ4v) is 1.99. The van der Waals surface area contributed by atoms with Crippen LogP contribution in [0.25, 0.3) is 0 Å². The van der Waals surface area contributed by atoms with Gasteiger partial charge in [0.1, 0.15) is 6.04 Å². The van der Waals surface area contributed by atoms with Gasteiger partial charge in [0.05, 0.1) is 0 Å². The molecule has 1 aromatic carbocycles. The van der Waals surface area contributed by atoms with E-state index in [0.717, 1.165) is 4.47 Å². The molecule has 0 unspecified atom stereocenters. The molecule has 0 fully saturated rings. The summed E-state index contributed by atoms with van der Waals surface area (Å²) in [6, 6.07) is 6.35. The van der Waals surface area contributed by atoms with Gasteiger partial charge in [0.2, 0.25) is 5.91 Å². The number of amides is 2. The number of carbonyl (C=O) groups excluding carboxylic acids is 2. The van der Waals surface area contributed by atoms with Crippen LogP contribution in [0.3, 0.4) is 0 Å². The minimum absolute atomic E-state index is 0.283. The van der Waals surface area contributed by atoms with E-state index in [2.05, 4.69) is 21.2 Å². The molecule has 0 radical (unpaired) electrons. The maximum absolute atomic E-state index is 12.0. The SMILES string of the molecule is CC(C)C[C@H](NC(=O)c1cccc(Br)c1)C(N)=O. The maximum atomic E-state index is 12.0. The number of nitrogens with two attached hydrogens (primary N) is 1. The van der Waals surface area contributed by atoms with Crippen LogP contribution in [0.4, 0.5) is 0 Å². The summed E-state index contributed by atoms with van der Waals surface area (Å²) >= 11 is 3.29. The second-order valence-electron chi connectivity index (χ2n) is 4.57. The Bertz CT molecular complexity index is 446. The average molecular weight is 313 g/mol. The Morgan fingerprint density at radius 1 is 1.39 bits per heavy atom. The van der Waals surface area contributed by atoms with Crippen molar-refractivity contribution in [3.05, 3.63) is 34.3 Å². The number of benzene rings is 1. The molecule has 1 atom stereocenters. The van der Waals surface area contributed by atoms with Crippen LogP contribution in [-0.4, -0.2) is 17.9 Å². The number of rotatable bonds is 5. The van der Waals surface area contributed by atoms with Crippen molar-refractivity contribution in [2.75, 3.05) is 0 Å². The summed E-state index contributed by atoms with van der Waals surface area (Å²) in [5.74, 6) is -0.516. The number of hydrogen-bond donors (Lipinski definition) is 2. The molecule has 0 aliphatic heterocycles. The molecule has 0 heterocycles. The van der Waals surface area contributed by atoms with Crippen LogP contribution in [0.1, 0.15) is 30.6 Å². The highest BCUT2D eigenvalue weighted by atomic mass is 79.9. The van der Waals surface area contributed by atoms with E-state index in [1.807, 2.05) is 19.9 Å². The molecule has 0 aliphatic carbocycles. The van der Waals surface area contributed by atoms with E-state index in [4.69, 9.17) is 5.73 Å². The standard InChI is InChI=1S/C13H17BrN2O2/c1-8(2)6-11(12(15)17)16-13(18)9-4-3-5-10(14)7-9/h3-5,7-8,11H,6H2,1-2H3,(H2,15,17)(H,16,18)/t11-/m0/s1. The van der Waals surface area contributed by atoms with E-state index in [9.17, 15) is 9.59 Å². The van der Waals surface area contributed by atoms with Crippen molar-refractivity contribution >= 4 is 27.7 Å². The van der Waals surface area contributed by atoms with Gasteiger partial charge in [-0.15, -0.1) is 0 Å². The number of halogens is 1. The number of nitrogens with one attached hydrogen (secondary N) is 1. The molecule has 18 heavy (non-hydrogen) atoms. The highest BCUT2D eigenvalue weighted by Gasteiger charge is 2.19. The quantitative estimate of drug-likeness (QED) is 0.873. The molecule has 5 heteroatoms. The maximum Gasteiger partial charge on any atom is 0.251 e. The highest BCUT2D eigenvalue weighted by molar-refractivity contribution is 9.10. The van der Waals surface area contributed by atoms with Gasteiger partial charge in [-0.3, -0.25) is 9.59 Å². The summed E-state index contributed by atoms with van der Waals surface area (Å²) in [5.41, 5.74) is 5.78. The predicted molar refractivity (Wildman–Crippen MR) is 74.0 cm³/mol. The van der Waals surface area contributed by atoms with E-state index >= 15 is 0 Å². The molecule has 0 saturated heterocycles. The van der Waals surface area contributed by atoms with Gasteiger partial charge in [-0.05, 0) is 30.5 Å². The smallest absolute Gasteiger partial charge is 0.251 e. The third-order valence-corrected chi connectivity index (χ3v) is 2.94. The van der Waals surface area contributed by atoms with Crippen LogP contribution in [-0.2, 0) is 4.79 Å². The lowest BCUT2D eigenvalue weighted by molar-refractivity contribution is -0.120. The first kappa shape index (κ1) is 14.7. The lowest BCUT2D eigenvalue weighted by atomic mass is 10.0. The molecule has 4 nitrogen and oxygen atoms in total. The number of hydrogen-bond acceptors (Lipinski definition) is 2. The van der Waals surface area contributed by atoms with Gasteiger partial charge in [-0.25, -0.2) is 0 Å². The molecule has 98 valence electrons. The van der Waals surface area contributed by atoms with Crippen molar-refractivity contribution in [3.8, 4) is 0 Å². The Kier molecular flexibility index (Phi) is 5.34. The molecule has 3 N–H and O–H groups in total. The van der Waals surface area contributed by atoms with Crippen LogP contribution < -0.4 is 11.1 Å². The normalized spacial score (nSPS) is 12.2. The first-order valence-corrected chi connectivity index (χ1v) is 6.55. The molecule has 0 aliphatic rings. The number of carbonyl (C=O) groups is 2. The van der Waals surface area contributed by atoms with Crippen LogP contribution >= 0.6 is 15.9 Å². The minimum Gasteiger partial charge on any atom is -0.368 e. The van der Waals surface area contributed by atoms with Crippen molar-refractivity contribution in [3.63, 3.8) is 0 Å². The highest BCUT2D eigenvalue weighted by Crippen LogP contribution is 2.12. The van der Waals surface area contributed by atoms with Crippen LogP contribution in [0.5, 0.6) is 0 Å².